The van der Waals surface area contributed by atoms with Crippen molar-refractivity contribution in [2.45, 2.75) is 26.2 Å². The Morgan fingerprint density at radius 1 is 1.36 bits per heavy atom. The highest BCUT2D eigenvalue weighted by Crippen LogP contribution is 2.34. The van der Waals surface area contributed by atoms with Gasteiger partial charge in [-0.2, -0.15) is 0 Å². The fraction of sp³-hybridized carbons (Fsp3) is 0.529. The Bertz CT molecular complexity index is 707. The van der Waals surface area contributed by atoms with Crippen LogP contribution < -0.4 is 5.32 Å². The topological polar surface area (TPSA) is 49.6 Å². The van der Waals surface area contributed by atoms with Crippen LogP contribution in [0.4, 0.5) is 0 Å². The lowest BCUT2D eigenvalue weighted by Gasteiger charge is -2.48. The van der Waals surface area contributed by atoms with Gasteiger partial charge in [-0.05, 0) is 42.9 Å². The van der Waals surface area contributed by atoms with E-state index in [0.717, 1.165) is 50.4 Å². The lowest BCUT2D eigenvalue weighted by molar-refractivity contribution is -0.133. The van der Waals surface area contributed by atoms with Gasteiger partial charge in [-0.1, -0.05) is 0 Å². The number of aromatic nitrogens is 2. The molecule has 2 aromatic heterocycles. The summed E-state index contributed by atoms with van der Waals surface area (Å²) in [7, 11) is 0. The Balaban J connectivity index is 1.42. The molecule has 0 aliphatic carbocycles. The molecule has 22 heavy (non-hydrogen) atoms. The lowest BCUT2D eigenvalue weighted by Crippen LogP contribution is -2.58. The average Bonchev–Trinajstić information content (AvgIpc) is 2.87. The maximum atomic E-state index is 12.5. The Hall–Kier alpha value is -1.88. The minimum atomic E-state index is 0.210. The summed E-state index contributed by atoms with van der Waals surface area (Å²) in [6, 6.07) is 4.10. The number of aryl methyl sites for hydroxylation is 1. The van der Waals surface area contributed by atoms with Crippen molar-refractivity contribution in [3.63, 3.8) is 0 Å². The van der Waals surface area contributed by atoms with Crippen molar-refractivity contribution >= 4 is 11.6 Å². The van der Waals surface area contributed by atoms with Gasteiger partial charge in [0.15, 0.2) is 0 Å². The Labute approximate surface area is 130 Å². The van der Waals surface area contributed by atoms with E-state index in [1.54, 1.807) is 0 Å². The second-order valence-corrected chi connectivity index (χ2v) is 6.86. The van der Waals surface area contributed by atoms with E-state index in [2.05, 4.69) is 23.3 Å². The van der Waals surface area contributed by atoms with E-state index in [9.17, 15) is 4.79 Å². The summed E-state index contributed by atoms with van der Waals surface area (Å²) in [6.07, 6.45) is 6.64. The van der Waals surface area contributed by atoms with Gasteiger partial charge in [0.25, 0.3) is 0 Å². The number of fused-ring (bicyclic) bond motifs is 1. The van der Waals surface area contributed by atoms with E-state index < -0.39 is 0 Å². The number of hydrogen-bond acceptors (Lipinski definition) is 3. The molecule has 0 atom stereocenters. The van der Waals surface area contributed by atoms with Crippen LogP contribution in [-0.4, -0.2) is 46.4 Å². The summed E-state index contributed by atoms with van der Waals surface area (Å²) in [4.78, 5) is 19.1. The number of nitrogens with one attached hydrogen (secondary N) is 1. The standard InChI is InChI=1S/C17H22N4O/c1-13-2-5-21-10-14(19-15(21)8-13)9-16(22)20-6-3-17(4-7-20)11-18-12-17/h2,5,8,10,18H,3-4,6-7,9,11-12H2,1H3. The minimum absolute atomic E-state index is 0.210. The van der Waals surface area contributed by atoms with Crippen LogP contribution in [0.25, 0.3) is 5.65 Å². The van der Waals surface area contributed by atoms with Crippen LogP contribution in [-0.2, 0) is 11.2 Å². The molecule has 1 spiro atoms. The molecule has 4 rings (SSSR count). The van der Waals surface area contributed by atoms with Crippen LogP contribution in [0.5, 0.6) is 0 Å². The zero-order valence-corrected chi connectivity index (χ0v) is 13.0. The second-order valence-electron chi connectivity index (χ2n) is 6.86. The quantitative estimate of drug-likeness (QED) is 0.912. The predicted molar refractivity (Wildman–Crippen MR) is 84.7 cm³/mol. The van der Waals surface area contributed by atoms with Crippen molar-refractivity contribution in [3.05, 3.63) is 35.8 Å². The van der Waals surface area contributed by atoms with Gasteiger partial charge in [0.1, 0.15) is 5.65 Å². The number of likely N-dealkylation sites (tertiary alicyclic amines) is 1. The second kappa shape index (κ2) is 5.09. The number of nitrogens with zero attached hydrogens (tertiary/aromatic N) is 3. The highest BCUT2D eigenvalue weighted by molar-refractivity contribution is 5.78. The van der Waals surface area contributed by atoms with E-state index in [0.29, 0.717) is 11.8 Å². The predicted octanol–water partition coefficient (Wildman–Crippen LogP) is 1.40. The molecule has 0 radical (unpaired) electrons. The molecule has 5 heteroatoms. The molecule has 0 aromatic carbocycles. The summed E-state index contributed by atoms with van der Waals surface area (Å²) < 4.78 is 1.99. The van der Waals surface area contributed by atoms with Crippen LogP contribution in [0, 0.1) is 12.3 Å². The van der Waals surface area contributed by atoms with Gasteiger partial charge in [0.2, 0.25) is 5.91 Å². The fourth-order valence-corrected chi connectivity index (χ4v) is 3.55. The smallest absolute Gasteiger partial charge is 0.228 e. The molecule has 2 aromatic rings. The number of imidazole rings is 1. The molecule has 5 nitrogen and oxygen atoms in total. The lowest BCUT2D eigenvalue weighted by atomic mass is 9.73. The van der Waals surface area contributed by atoms with E-state index in [1.165, 1.54) is 5.56 Å². The van der Waals surface area contributed by atoms with E-state index >= 15 is 0 Å². The van der Waals surface area contributed by atoms with E-state index in [1.807, 2.05) is 27.8 Å². The third-order valence-electron chi connectivity index (χ3n) is 5.17. The molecule has 1 N–H and O–H groups in total. The minimum Gasteiger partial charge on any atom is -0.342 e. The number of carbonyl (C=O) groups is 1. The van der Waals surface area contributed by atoms with Gasteiger partial charge in [-0.3, -0.25) is 4.79 Å². The number of amides is 1. The first-order valence-electron chi connectivity index (χ1n) is 8.06. The van der Waals surface area contributed by atoms with Gasteiger partial charge >= 0.3 is 0 Å². The molecule has 116 valence electrons. The summed E-state index contributed by atoms with van der Waals surface area (Å²) >= 11 is 0. The van der Waals surface area contributed by atoms with Gasteiger partial charge in [0, 0.05) is 38.6 Å². The van der Waals surface area contributed by atoms with E-state index in [-0.39, 0.29) is 5.91 Å². The number of piperidine rings is 1. The Morgan fingerprint density at radius 2 is 2.14 bits per heavy atom. The van der Waals surface area contributed by atoms with Crippen LogP contribution in [0.3, 0.4) is 0 Å². The Morgan fingerprint density at radius 3 is 2.82 bits per heavy atom. The number of pyridine rings is 1. The third kappa shape index (κ3) is 2.39. The molecule has 1 amide bonds. The number of hydrogen-bond donors (Lipinski definition) is 1. The van der Waals surface area contributed by atoms with Crippen molar-refractivity contribution in [3.8, 4) is 0 Å². The third-order valence-corrected chi connectivity index (χ3v) is 5.17. The first kappa shape index (κ1) is 13.8. The molecular weight excluding hydrogens is 276 g/mol. The molecule has 2 fully saturated rings. The van der Waals surface area contributed by atoms with Crippen molar-refractivity contribution in [1.29, 1.82) is 0 Å². The molecule has 0 bridgehead atoms. The summed E-state index contributed by atoms with van der Waals surface area (Å²) in [5.74, 6) is 0.210. The van der Waals surface area contributed by atoms with Crippen LogP contribution in [0.2, 0.25) is 0 Å². The number of rotatable bonds is 2. The van der Waals surface area contributed by atoms with Gasteiger partial charge in [-0.15, -0.1) is 0 Å². The monoisotopic (exact) mass is 298 g/mol. The van der Waals surface area contributed by atoms with Crippen molar-refractivity contribution in [2.75, 3.05) is 26.2 Å². The van der Waals surface area contributed by atoms with Gasteiger partial charge < -0.3 is 14.6 Å². The maximum Gasteiger partial charge on any atom is 0.228 e. The maximum absolute atomic E-state index is 12.5. The first-order chi connectivity index (χ1) is 10.6. The van der Waals surface area contributed by atoms with Gasteiger partial charge in [-0.25, -0.2) is 4.98 Å². The summed E-state index contributed by atoms with van der Waals surface area (Å²) in [6.45, 7) is 6.10. The zero-order valence-electron chi connectivity index (χ0n) is 13.0. The SMILES string of the molecule is Cc1ccn2cc(CC(=O)N3CCC4(CC3)CNC4)nc2c1. The first-order valence-corrected chi connectivity index (χ1v) is 8.06. The largest absolute Gasteiger partial charge is 0.342 e. The molecular formula is C17H22N4O. The molecule has 0 saturated carbocycles. The summed E-state index contributed by atoms with van der Waals surface area (Å²) in [5.41, 5.74) is 3.45. The molecule has 2 aliphatic rings. The summed E-state index contributed by atoms with van der Waals surface area (Å²) in [5, 5.41) is 3.36. The van der Waals surface area contributed by atoms with E-state index in [4.69, 9.17) is 0 Å². The Kier molecular flexibility index (Phi) is 3.18. The average molecular weight is 298 g/mol. The van der Waals surface area contributed by atoms with Crippen molar-refractivity contribution in [1.82, 2.24) is 19.6 Å². The normalized spacial score (nSPS) is 20.3. The molecule has 4 heterocycles. The highest BCUT2D eigenvalue weighted by Gasteiger charge is 2.40. The zero-order chi connectivity index (χ0) is 15.2. The molecule has 2 aliphatic heterocycles. The van der Waals surface area contributed by atoms with Crippen molar-refractivity contribution < 1.29 is 4.79 Å². The molecule has 0 unspecified atom stereocenters. The molecule has 2 saturated heterocycles. The highest BCUT2D eigenvalue weighted by atomic mass is 16.2. The van der Waals surface area contributed by atoms with Crippen molar-refractivity contribution in [2.24, 2.45) is 5.41 Å². The van der Waals surface area contributed by atoms with Crippen LogP contribution in [0.15, 0.2) is 24.5 Å². The van der Waals surface area contributed by atoms with Crippen LogP contribution >= 0.6 is 0 Å². The van der Waals surface area contributed by atoms with Gasteiger partial charge in [0.05, 0.1) is 12.1 Å². The van der Waals surface area contributed by atoms with Crippen LogP contribution in [0.1, 0.15) is 24.1 Å². The number of carbonyl (C=O) groups excluding carboxylic acids is 1. The fourth-order valence-electron chi connectivity index (χ4n) is 3.55.